The predicted molar refractivity (Wildman–Crippen MR) is 108 cm³/mol. The number of amides is 1. The molecule has 2 aromatic carbocycles. The molecule has 0 atom stereocenters. The van der Waals surface area contributed by atoms with Crippen molar-refractivity contribution in [1.29, 1.82) is 0 Å². The molecule has 1 saturated heterocycles. The van der Waals surface area contributed by atoms with Crippen LogP contribution >= 0.6 is 11.8 Å². The molecule has 1 amide bonds. The van der Waals surface area contributed by atoms with Crippen molar-refractivity contribution in [3.63, 3.8) is 0 Å². The Kier molecular flexibility index (Phi) is 5.16. The highest BCUT2D eigenvalue weighted by Gasteiger charge is 2.24. The monoisotopic (exact) mass is 380 g/mol. The lowest BCUT2D eigenvalue weighted by atomic mass is 10.1. The Balaban J connectivity index is 1.47. The first kappa shape index (κ1) is 17.7. The third kappa shape index (κ3) is 4.17. The molecule has 2 heterocycles. The van der Waals surface area contributed by atoms with E-state index in [0.29, 0.717) is 15.8 Å². The molecule has 1 N–H and O–H groups in total. The minimum atomic E-state index is -0.143. The largest absolute Gasteiger partial charge is 0.454 e. The summed E-state index contributed by atoms with van der Waals surface area (Å²) in [6.07, 6.45) is 5.29. The molecule has 6 heteroatoms. The summed E-state index contributed by atoms with van der Waals surface area (Å²) >= 11 is 1.34. The summed E-state index contributed by atoms with van der Waals surface area (Å²) in [6.45, 7) is 2.42. The molecule has 0 unspecified atom stereocenters. The summed E-state index contributed by atoms with van der Waals surface area (Å²) in [5.74, 6) is 1.28. The number of thioether (sulfide) groups is 1. The van der Waals surface area contributed by atoms with E-state index in [1.165, 1.54) is 30.2 Å². The van der Waals surface area contributed by atoms with E-state index in [-0.39, 0.29) is 12.7 Å². The lowest BCUT2D eigenvalue weighted by molar-refractivity contribution is -0.115. The Bertz CT molecular complexity index is 920. The fourth-order valence-corrected chi connectivity index (χ4v) is 3.71. The second-order valence-electron chi connectivity index (χ2n) is 6.36. The molecule has 0 aromatic heterocycles. The molecule has 2 aliphatic rings. The molecule has 0 bridgehead atoms. The fraction of sp³-hybridized carbons (Fsp3) is 0.238. The normalized spacial score (nSPS) is 18.3. The average molecular weight is 380 g/mol. The van der Waals surface area contributed by atoms with Crippen molar-refractivity contribution in [3.05, 3.63) is 58.5 Å². The molecule has 2 aromatic rings. The number of nitrogens with one attached hydrogen (secondary N) is 1. The summed E-state index contributed by atoms with van der Waals surface area (Å²) in [4.78, 5) is 17.4. The van der Waals surface area contributed by atoms with Crippen molar-refractivity contribution < 1.29 is 14.3 Å². The first-order valence-electron chi connectivity index (χ1n) is 8.99. The number of benzene rings is 2. The van der Waals surface area contributed by atoms with Gasteiger partial charge in [0, 0.05) is 0 Å². The third-order valence-corrected chi connectivity index (χ3v) is 5.24. The van der Waals surface area contributed by atoms with Crippen LogP contribution in [0.15, 0.2) is 52.4 Å². The highest BCUT2D eigenvalue weighted by atomic mass is 32.2. The number of aryl methyl sites for hydroxylation is 1. The number of rotatable bonds is 5. The van der Waals surface area contributed by atoms with Gasteiger partial charge in [-0.05, 0) is 66.1 Å². The summed E-state index contributed by atoms with van der Waals surface area (Å²) in [5.41, 5.74) is 3.04. The Morgan fingerprint density at radius 1 is 1.15 bits per heavy atom. The second-order valence-corrected chi connectivity index (χ2v) is 7.40. The third-order valence-electron chi connectivity index (χ3n) is 4.33. The number of hydrogen-bond acceptors (Lipinski definition) is 5. The molecule has 0 radical (unpaired) electrons. The molecule has 4 rings (SSSR count). The quantitative estimate of drug-likeness (QED) is 0.767. The summed E-state index contributed by atoms with van der Waals surface area (Å²) < 4.78 is 10.7. The summed E-state index contributed by atoms with van der Waals surface area (Å²) in [7, 11) is 0. The first-order valence-corrected chi connectivity index (χ1v) is 9.81. The molecule has 5 nitrogen and oxygen atoms in total. The van der Waals surface area contributed by atoms with E-state index in [2.05, 4.69) is 29.4 Å². The standard InChI is InChI=1S/C21H20N2O3S/c1-2-3-4-14-5-8-16(9-6-14)22-21-23-20(24)19(27-21)12-15-7-10-17-18(11-15)26-13-25-17/h5-12H,2-4,13H2,1H3,(H,22,23,24)/b19-12-. The van der Waals surface area contributed by atoms with Gasteiger partial charge in [0.1, 0.15) is 0 Å². The number of amidine groups is 1. The van der Waals surface area contributed by atoms with Crippen LogP contribution in [-0.2, 0) is 11.2 Å². The van der Waals surface area contributed by atoms with E-state index in [9.17, 15) is 4.79 Å². The maximum atomic E-state index is 12.2. The molecule has 0 spiro atoms. The number of fused-ring (bicyclic) bond motifs is 1. The van der Waals surface area contributed by atoms with Crippen LogP contribution < -0.4 is 14.8 Å². The van der Waals surface area contributed by atoms with Gasteiger partial charge in [-0.1, -0.05) is 31.5 Å². The summed E-state index contributed by atoms with van der Waals surface area (Å²) in [6, 6.07) is 13.8. The maximum absolute atomic E-state index is 12.2. The molecular weight excluding hydrogens is 360 g/mol. The topological polar surface area (TPSA) is 59.9 Å². The molecule has 27 heavy (non-hydrogen) atoms. The maximum Gasteiger partial charge on any atom is 0.264 e. The molecule has 138 valence electrons. The van der Waals surface area contributed by atoms with Gasteiger partial charge in [-0.25, -0.2) is 4.99 Å². The van der Waals surface area contributed by atoms with E-state index in [0.717, 1.165) is 23.4 Å². The molecule has 2 aliphatic heterocycles. The second kappa shape index (κ2) is 7.88. The van der Waals surface area contributed by atoms with Crippen molar-refractivity contribution >= 4 is 34.6 Å². The zero-order chi connectivity index (χ0) is 18.6. The fourth-order valence-electron chi connectivity index (χ4n) is 2.87. The Labute approximate surface area is 162 Å². The minimum absolute atomic E-state index is 0.143. The number of nitrogens with zero attached hydrogens (tertiary/aromatic N) is 1. The van der Waals surface area contributed by atoms with Crippen LogP contribution in [0.3, 0.4) is 0 Å². The highest BCUT2D eigenvalue weighted by molar-refractivity contribution is 8.18. The van der Waals surface area contributed by atoms with Crippen molar-refractivity contribution in [1.82, 2.24) is 5.32 Å². The van der Waals surface area contributed by atoms with Gasteiger partial charge in [0.15, 0.2) is 16.7 Å². The number of hydrogen-bond donors (Lipinski definition) is 1. The van der Waals surface area contributed by atoms with Crippen molar-refractivity contribution in [3.8, 4) is 11.5 Å². The number of ether oxygens (including phenoxy) is 2. The van der Waals surface area contributed by atoms with Gasteiger partial charge in [0.05, 0.1) is 10.6 Å². The average Bonchev–Trinajstić information content (AvgIpc) is 3.27. The molecular formula is C21H20N2O3S. The van der Waals surface area contributed by atoms with Gasteiger partial charge in [-0.2, -0.15) is 0 Å². The van der Waals surface area contributed by atoms with Crippen LogP contribution in [0.2, 0.25) is 0 Å². The lowest BCUT2D eigenvalue weighted by Gasteiger charge is -2.01. The van der Waals surface area contributed by atoms with Crippen molar-refractivity contribution in [2.75, 3.05) is 6.79 Å². The van der Waals surface area contributed by atoms with E-state index in [1.54, 1.807) is 0 Å². The van der Waals surface area contributed by atoms with Crippen molar-refractivity contribution in [2.45, 2.75) is 26.2 Å². The van der Waals surface area contributed by atoms with Crippen LogP contribution in [0.25, 0.3) is 6.08 Å². The number of carbonyl (C=O) groups is 1. The first-order chi connectivity index (χ1) is 13.2. The van der Waals surface area contributed by atoms with Gasteiger partial charge in [-0.15, -0.1) is 0 Å². The highest BCUT2D eigenvalue weighted by Crippen LogP contribution is 2.34. The van der Waals surface area contributed by atoms with Gasteiger partial charge >= 0.3 is 0 Å². The smallest absolute Gasteiger partial charge is 0.264 e. The van der Waals surface area contributed by atoms with E-state index in [4.69, 9.17) is 9.47 Å². The Hall–Kier alpha value is -2.73. The lowest BCUT2D eigenvalue weighted by Crippen LogP contribution is -2.19. The van der Waals surface area contributed by atoms with E-state index >= 15 is 0 Å². The van der Waals surface area contributed by atoms with E-state index < -0.39 is 0 Å². The zero-order valence-electron chi connectivity index (χ0n) is 15.0. The zero-order valence-corrected chi connectivity index (χ0v) is 15.8. The molecule has 0 aliphatic carbocycles. The van der Waals surface area contributed by atoms with Crippen LogP contribution in [-0.4, -0.2) is 17.9 Å². The number of unbranched alkanes of at least 4 members (excludes halogenated alkanes) is 1. The molecule has 1 fully saturated rings. The predicted octanol–water partition coefficient (Wildman–Crippen LogP) is 4.65. The number of aliphatic imine (C=N–C) groups is 1. The Morgan fingerprint density at radius 3 is 2.78 bits per heavy atom. The minimum Gasteiger partial charge on any atom is -0.454 e. The van der Waals surface area contributed by atoms with Gasteiger partial charge in [0.2, 0.25) is 6.79 Å². The van der Waals surface area contributed by atoms with Gasteiger partial charge in [0.25, 0.3) is 5.91 Å². The van der Waals surface area contributed by atoms with Crippen molar-refractivity contribution in [2.24, 2.45) is 4.99 Å². The Morgan fingerprint density at radius 2 is 1.96 bits per heavy atom. The van der Waals surface area contributed by atoms with Gasteiger partial charge in [-0.3, -0.25) is 4.79 Å². The SMILES string of the molecule is CCCCc1ccc(N=C2NC(=O)/C(=C/c3ccc4c(c3)OCO4)S2)cc1. The van der Waals surface area contributed by atoms with Gasteiger partial charge < -0.3 is 14.8 Å². The number of carbonyl (C=O) groups excluding carboxylic acids is 1. The van der Waals surface area contributed by atoms with Crippen LogP contribution in [0, 0.1) is 0 Å². The molecule has 0 saturated carbocycles. The van der Waals surface area contributed by atoms with Crippen LogP contribution in [0.5, 0.6) is 11.5 Å². The summed E-state index contributed by atoms with van der Waals surface area (Å²) in [5, 5.41) is 3.41. The van der Waals surface area contributed by atoms with Crippen LogP contribution in [0.4, 0.5) is 5.69 Å². The van der Waals surface area contributed by atoms with E-state index in [1.807, 2.05) is 36.4 Å². The van der Waals surface area contributed by atoms with Crippen LogP contribution in [0.1, 0.15) is 30.9 Å².